The molecule has 0 aromatic carbocycles. The number of aliphatic imine (C=N–C) groups is 2. The highest BCUT2D eigenvalue weighted by molar-refractivity contribution is 5.77. The molecule has 0 radical (unpaired) electrons. The fourth-order valence-corrected chi connectivity index (χ4v) is 3.27. The second-order valence-corrected chi connectivity index (χ2v) is 5.38. The molecule has 3 aliphatic rings. The molecule has 0 saturated heterocycles. The quantitative estimate of drug-likeness (QED) is 0.677. The van der Waals surface area contributed by atoms with Gasteiger partial charge in [-0.15, -0.1) is 0 Å². The molecule has 2 bridgehead atoms. The number of fused-ring (bicyclic) bond motifs is 1. The summed E-state index contributed by atoms with van der Waals surface area (Å²) >= 11 is 0. The van der Waals surface area contributed by atoms with E-state index in [9.17, 15) is 0 Å². The summed E-state index contributed by atoms with van der Waals surface area (Å²) in [5.41, 5.74) is 0.440. The Morgan fingerprint density at radius 3 is 2.53 bits per heavy atom. The molecule has 84 valence electrons. The fraction of sp³-hybridized carbons (Fsp3) is 0.846. The standard InChI is InChI=1S/C13H22N2/c1-5-13(4,6-2)11-10-7-14-8-15-12(11)9(10)3/h7-12H,5-6H2,1-4H3. The molecule has 2 heteroatoms. The first-order valence-electron chi connectivity index (χ1n) is 6.19. The molecule has 0 N–H and O–H groups in total. The minimum atomic E-state index is 0.440. The fourth-order valence-electron chi connectivity index (χ4n) is 3.27. The van der Waals surface area contributed by atoms with Gasteiger partial charge in [-0.1, -0.05) is 40.5 Å². The van der Waals surface area contributed by atoms with Gasteiger partial charge >= 0.3 is 0 Å². The van der Waals surface area contributed by atoms with Crippen molar-refractivity contribution in [1.82, 2.24) is 0 Å². The van der Waals surface area contributed by atoms with Gasteiger partial charge in [0.05, 0.1) is 6.04 Å². The second-order valence-electron chi connectivity index (χ2n) is 5.38. The lowest BCUT2D eigenvalue weighted by molar-refractivity contribution is -0.0101. The van der Waals surface area contributed by atoms with E-state index in [1.54, 1.807) is 6.34 Å². The molecule has 0 aromatic heterocycles. The molecule has 3 rings (SSSR count). The van der Waals surface area contributed by atoms with Gasteiger partial charge in [-0.2, -0.15) is 0 Å². The molecule has 15 heavy (non-hydrogen) atoms. The van der Waals surface area contributed by atoms with Crippen molar-refractivity contribution < 1.29 is 0 Å². The normalized spacial score (nSPS) is 38.7. The molecule has 2 aliphatic heterocycles. The smallest absolute Gasteiger partial charge is 0.109 e. The SMILES string of the molecule is CCC(C)(CC)C1C2C=NC=NC1C2C. The van der Waals surface area contributed by atoms with Crippen LogP contribution >= 0.6 is 0 Å². The molecule has 0 aromatic rings. The summed E-state index contributed by atoms with van der Waals surface area (Å²) < 4.78 is 0. The first kappa shape index (κ1) is 10.8. The van der Waals surface area contributed by atoms with Gasteiger partial charge in [0.25, 0.3) is 0 Å². The van der Waals surface area contributed by atoms with Gasteiger partial charge in [-0.25, -0.2) is 4.99 Å². The van der Waals surface area contributed by atoms with Crippen molar-refractivity contribution in [3.8, 4) is 0 Å². The van der Waals surface area contributed by atoms with E-state index < -0.39 is 0 Å². The third-order valence-corrected chi connectivity index (χ3v) is 4.91. The Balaban J connectivity index is 2.25. The van der Waals surface area contributed by atoms with Crippen LogP contribution in [-0.4, -0.2) is 18.6 Å². The maximum atomic E-state index is 4.59. The Bertz CT molecular complexity index is 269. The average molecular weight is 206 g/mol. The van der Waals surface area contributed by atoms with Crippen LogP contribution in [0.2, 0.25) is 0 Å². The Morgan fingerprint density at radius 1 is 1.27 bits per heavy atom. The largest absolute Gasteiger partial charge is 0.270 e. The second kappa shape index (κ2) is 3.73. The van der Waals surface area contributed by atoms with Crippen molar-refractivity contribution in [3.05, 3.63) is 0 Å². The van der Waals surface area contributed by atoms with E-state index in [-0.39, 0.29) is 0 Å². The summed E-state index contributed by atoms with van der Waals surface area (Å²) in [4.78, 5) is 8.85. The third-order valence-electron chi connectivity index (χ3n) is 4.91. The molecule has 4 unspecified atom stereocenters. The Hall–Kier alpha value is -0.660. The molecule has 0 spiro atoms. The van der Waals surface area contributed by atoms with Crippen LogP contribution in [0.25, 0.3) is 0 Å². The monoisotopic (exact) mass is 206 g/mol. The molecule has 1 saturated carbocycles. The van der Waals surface area contributed by atoms with E-state index in [0.717, 1.165) is 0 Å². The number of rotatable bonds is 3. The molecule has 2 nitrogen and oxygen atoms in total. The zero-order valence-electron chi connectivity index (χ0n) is 10.3. The highest BCUT2D eigenvalue weighted by atomic mass is 15.0. The Morgan fingerprint density at radius 2 is 1.93 bits per heavy atom. The predicted octanol–water partition coefficient (Wildman–Crippen LogP) is 3.18. The van der Waals surface area contributed by atoms with E-state index in [2.05, 4.69) is 43.9 Å². The van der Waals surface area contributed by atoms with Crippen LogP contribution in [0.3, 0.4) is 0 Å². The summed E-state index contributed by atoms with van der Waals surface area (Å²) in [5, 5.41) is 0. The number of nitrogens with zero attached hydrogens (tertiary/aromatic N) is 2. The van der Waals surface area contributed by atoms with Gasteiger partial charge < -0.3 is 0 Å². The highest BCUT2D eigenvalue weighted by Gasteiger charge is 2.54. The van der Waals surface area contributed by atoms with Crippen molar-refractivity contribution in [1.29, 1.82) is 0 Å². The minimum Gasteiger partial charge on any atom is -0.270 e. The minimum absolute atomic E-state index is 0.440. The molecule has 1 fully saturated rings. The van der Waals surface area contributed by atoms with Gasteiger partial charge in [0, 0.05) is 12.1 Å². The van der Waals surface area contributed by atoms with Crippen LogP contribution in [0.4, 0.5) is 0 Å². The van der Waals surface area contributed by atoms with Gasteiger partial charge in [-0.3, -0.25) is 4.99 Å². The van der Waals surface area contributed by atoms with Crippen LogP contribution in [0.5, 0.6) is 0 Å². The van der Waals surface area contributed by atoms with E-state index in [1.807, 2.05) is 0 Å². The van der Waals surface area contributed by atoms with Crippen LogP contribution in [0.1, 0.15) is 40.5 Å². The summed E-state index contributed by atoms with van der Waals surface area (Å²) in [7, 11) is 0. The summed E-state index contributed by atoms with van der Waals surface area (Å²) in [6, 6.07) is 0.516. The first-order valence-corrected chi connectivity index (χ1v) is 6.19. The molecular weight excluding hydrogens is 184 g/mol. The Kier molecular flexibility index (Phi) is 2.70. The number of hydrogen-bond acceptors (Lipinski definition) is 2. The zero-order valence-corrected chi connectivity index (χ0v) is 10.3. The lowest BCUT2D eigenvalue weighted by Crippen LogP contribution is -2.55. The van der Waals surface area contributed by atoms with Gasteiger partial charge in [0.1, 0.15) is 6.34 Å². The third kappa shape index (κ3) is 1.45. The van der Waals surface area contributed by atoms with Crippen molar-refractivity contribution in [3.63, 3.8) is 0 Å². The van der Waals surface area contributed by atoms with E-state index in [4.69, 9.17) is 0 Å². The topological polar surface area (TPSA) is 24.7 Å². The maximum absolute atomic E-state index is 4.59. The van der Waals surface area contributed by atoms with Gasteiger partial charge in [-0.05, 0) is 17.3 Å². The predicted molar refractivity (Wildman–Crippen MR) is 65.6 cm³/mol. The Labute approximate surface area is 92.9 Å². The average Bonchev–Trinajstić information content (AvgIpc) is 2.60. The first-order chi connectivity index (χ1) is 7.14. The molecule has 0 amide bonds. The van der Waals surface area contributed by atoms with Crippen LogP contribution in [0.15, 0.2) is 9.98 Å². The van der Waals surface area contributed by atoms with Gasteiger partial charge in [0.2, 0.25) is 0 Å². The molecule has 1 aliphatic carbocycles. The van der Waals surface area contributed by atoms with E-state index >= 15 is 0 Å². The van der Waals surface area contributed by atoms with Gasteiger partial charge in [0.15, 0.2) is 0 Å². The molecule has 4 atom stereocenters. The molecular formula is C13H22N2. The summed E-state index contributed by atoms with van der Waals surface area (Å²) in [6.07, 6.45) is 6.38. The highest BCUT2D eigenvalue weighted by Crippen LogP contribution is 2.54. The lowest BCUT2D eigenvalue weighted by atomic mass is 9.51. The lowest BCUT2D eigenvalue weighted by Gasteiger charge is -2.54. The van der Waals surface area contributed by atoms with Crippen molar-refractivity contribution in [2.24, 2.45) is 33.2 Å². The van der Waals surface area contributed by atoms with Crippen LogP contribution in [0, 0.1) is 23.2 Å². The molecule has 2 heterocycles. The number of hydrogen-bond donors (Lipinski definition) is 0. The maximum Gasteiger partial charge on any atom is 0.109 e. The van der Waals surface area contributed by atoms with Crippen LogP contribution < -0.4 is 0 Å². The van der Waals surface area contributed by atoms with Crippen molar-refractivity contribution in [2.75, 3.05) is 0 Å². The van der Waals surface area contributed by atoms with Crippen molar-refractivity contribution >= 4 is 12.6 Å². The zero-order chi connectivity index (χ0) is 11.1. The van der Waals surface area contributed by atoms with E-state index in [1.165, 1.54) is 12.8 Å². The van der Waals surface area contributed by atoms with Crippen molar-refractivity contribution in [2.45, 2.75) is 46.6 Å². The van der Waals surface area contributed by atoms with Crippen LogP contribution in [-0.2, 0) is 0 Å². The van der Waals surface area contributed by atoms with E-state index in [0.29, 0.717) is 29.2 Å². The summed E-state index contributed by atoms with van der Waals surface area (Å²) in [6.45, 7) is 9.34. The summed E-state index contributed by atoms with van der Waals surface area (Å²) in [5.74, 6) is 2.06.